The Morgan fingerprint density at radius 1 is 1.20 bits per heavy atom. The maximum atomic E-state index is 11.6. The normalized spacial score (nSPS) is 16.6. The summed E-state index contributed by atoms with van der Waals surface area (Å²) in [6.45, 7) is 1.57. The van der Waals surface area contributed by atoms with Crippen LogP contribution in [-0.4, -0.2) is 58.2 Å². The Bertz CT molecular complexity index is 679. The number of aromatic nitrogens is 2. The number of carbonyl (C=O) groups excluding carboxylic acids is 1. The zero-order valence-corrected chi connectivity index (χ0v) is 14.0. The minimum absolute atomic E-state index is 0.220. The van der Waals surface area contributed by atoms with Gasteiger partial charge in [0, 0.05) is 30.8 Å². The smallest absolute Gasteiger partial charge is 0.339 e. The molecule has 7 nitrogen and oxygen atoms in total. The monoisotopic (exact) mass is 343 g/mol. The standard InChI is InChI=1S/C12H16N2O2.C6H5NO2/c1-14-7-3-5-11(14)9-16-12(15)10-4-2-6-13-8-10;8-6(9)5-2-1-3-7-4-5/h2,4,6,8,11H,3,5,7,9H2,1H3;1-4H,(H,8,9)/t11-;/m0./s1. The molecule has 0 saturated carbocycles. The fourth-order valence-corrected chi connectivity index (χ4v) is 2.42. The Balaban J connectivity index is 0.000000212. The van der Waals surface area contributed by atoms with Gasteiger partial charge in [0.15, 0.2) is 0 Å². The highest BCUT2D eigenvalue weighted by molar-refractivity contribution is 5.88. The number of esters is 1. The van der Waals surface area contributed by atoms with Crippen molar-refractivity contribution in [1.29, 1.82) is 0 Å². The fourth-order valence-electron chi connectivity index (χ4n) is 2.42. The van der Waals surface area contributed by atoms with Crippen molar-refractivity contribution in [3.8, 4) is 0 Å². The van der Waals surface area contributed by atoms with Gasteiger partial charge in [0.1, 0.15) is 6.61 Å². The molecule has 2 aromatic heterocycles. The molecule has 1 atom stereocenters. The van der Waals surface area contributed by atoms with E-state index in [1.165, 1.54) is 31.1 Å². The van der Waals surface area contributed by atoms with Crippen molar-refractivity contribution in [2.75, 3.05) is 20.2 Å². The average Bonchev–Trinajstić information content (AvgIpc) is 3.06. The molecule has 1 saturated heterocycles. The Morgan fingerprint density at radius 3 is 2.28 bits per heavy atom. The van der Waals surface area contributed by atoms with Crippen LogP contribution in [0.2, 0.25) is 0 Å². The number of pyridine rings is 2. The molecule has 0 spiro atoms. The van der Waals surface area contributed by atoms with Gasteiger partial charge >= 0.3 is 11.9 Å². The van der Waals surface area contributed by atoms with E-state index in [9.17, 15) is 9.59 Å². The summed E-state index contributed by atoms with van der Waals surface area (Å²) in [5, 5.41) is 8.34. The van der Waals surface area contributed by atoms with Crippen LogP contribution in [0.4, 0.5) is 0 Å². The van der Waals surface area contributed by atoms with Crippen LogP contribution < -0.4 is 0 Å². The lowest BCUT2D eigenvalue weighted by Crippen LogP contribution is -2.30. The zero-order valence-electron chi connectivity index (χ0n) is 14.0. The van der Waals surface area contributed by atoms with Gasteiger partial charge < -0.3 is 14.7 Å². The molecule has 0 aromatic carbocycles. The summed E-state index contributed by atoms with van der Waals surface area (Å²) < 4.78 is 5.26. The number of aromatic carboxylic acids is 1. The molecule has 1 aliphatic rings. The van der Waals surface area contributed by atoms with Gasteiger partial charge in [-0.25, -0.2) is 9.59 Å². The summed E-state index contributed by atoms with van der Waals surface area (Å²) in [5.41, 5.74) is 0.737. The second-order valence-corrected chi connectivity index (χ2v) is 5.66. The lowest BCUT2D eigenvalue weighted by Gasteiger charge is -2.18. The molecule has 25 heavy (non-hydrogen) atoms. The second-order valence-electron chi connectivity index (χ2n) is 5.66. The van der Waals surface area contributed by atoms with Crippen molar-refractivity contribution in [2.45, 2.75) is 18.9 Å². The van der Waals surface area contributed by atoms with Crippen molar-refractivity contribution in [3.63, 3.8) is 0 Å². The molecule has 7 heteroatoms. The van der Waals surface area contributed by atoms with Gasteiger partial charge in [-0.3, -0.25) is 9.97 Å². The van der Waals surface area contributed by atoms with E-state index >= 15 is 0 Å². The first-order chi connectivity index (χ1) is 12.1. The summed E-state index contributed by atoms with van der Waals surface area (Å²) in [6.07, 6.45) is 8.30. The molecule has 132 valence electrons. The molecule has 1 fully saturated rings. The third kappa shape index (κ3) is 5.96. The first-order valence-corrected chi connectivity index (χ1v) is 7.98. The lowest BCUT2D eigenvalue weighted by molar-refractivity contribution is 0.0415. The molecule has 1 N–H and O–H groups in total. The number of likely N-dealkylation sites (tertiary alicyclic amines) is 1. The molecular weight excluding hydrogens is 322 g/mol. The summed E-state index contributed by atoms with van der Waals surface area (Å²) in [5.74, 6) is -1.23. The van der Waals surface area contributed by atoms with E-state index in [0.29, 0.717) is 18.2 Å². The Morgan fingerprint density at radius 2 is 1.84 bits per heavy atom. The highest BCUT2D eigenvalue weighted by Crippen LogP contribution is 2.15. The van der Waals surface area contributed by atoms with Gasteiger partial charge in [0.25, 0.3) is 0 Å². The van der Waals surface area contributed by atoms with E-state index in [0.717, 1.165) is 13.0 Å². The highest BCUT2D eigenvalue weighted by atomic mass is 16.5. The van der Waals surface area contributed by atoms with E-state index in [4.69, 9.17) is 9.84 Å². The van der Waals surface area contributed by atoms with E-state index in [1.807, 2.05) is 0 Å². The Hall–Kier alpha value is -2.80. The van der Waals surface area contributed by atoms with Crippen LogP contribution in [0.1, 0.15) is 33.6 Å². The summed E-state index contributed by atoms with van der Waals surface area (Å²) in [4.78, 5) is 31.5. The third-order valence-corrected chi connectivity index (χ3v) is 3.88. The van der Waals surface area contributed by atoms with Gasteiger partial charge in [0.05, 0.1) is 11.1 Å². The number of carboxylic acids is 1. The third-order valence-electron chi connectivity index (χ3n) is 3.88. The number of hydrogen-bond donors (Lipinski definition) is 1. The topological polar surface area (TPSA) is 92.6 Å². The SMILES string of the molecule is CN1CCC[C@H]1COC(=O)c1cccnc1.O=C(O)c1cccnc1. The van der Waals surface area contributed by atoms with E-state index in [1.54, 1.807) is 24.4 Å². The van der Waals surface area contributed by atoms with Crippen molar-refractivity contribution < 1.29 is 19.4 Å². The minimum atomic E-state index is -0.942. The molecule has 0 aliphatic carbocycles. The lowest BCUT2D eigenvalue weighted by atomic mass is 10.2. The molecule has 0 bridgehead atoms. The molecule has 2 aromatic rings. The van der Waals surface area contributed by atoms with Crippen LogP contribution in [0.25, 0.3) is 0 Å². The summed E-state index contributed by atoms with van der Waals surface area (Å²) in [6, 6.07) is 6.91. The largest absolute Gasteiger partial charge is 0.478 e. The molecule has 0 unspecified atom stereocenters. The number of nitrogens with zero attached hydrogens (tertiary/aromatic N) is 3. The number of hydrogen-bond acceptors (Lipinski definition) is 6. The minimum Gasteiger partial charge on any atom is -0.478 e. The summed E-state index contributed by atoms with van der Waals surface area (Å²) in [7, 11) is 2.07. The van der Waals surface area contributed by atoms with Crippen LogP contribution in [-0.2, 0) is 4.74 Å². The van der Waals surface area contributed by atoms with Gasteiger partial charge in [-0.05, 0) is 50.7 Å². The zero-order chi connectivity index (χ0) is 18.1. The molecule has 3 heterocycles. The molecular formula is C18H21N3O4. The van der Waals surface area contributed by atoms with Crippen molar-refractivity contribution in [1.82, 2.24) is 14.9 Å². The van der Waals surface area contributed by atoms with Crippen molar-refractivity contribution in [2.24, 2.45) is 0 Å². The number of carbonyl (C=O) groups is 2. The molecule has 3 rings (SSSR count). The molecule has 0 radical (unpaired) electrons. The van der Waals surface area contributed by atoms with Crippen LogP contribution >= 0.6 is 0 Å². The Kier molecular flexibility index (Phi) is 7.03. The Labute approximate surface area is 146 Å². The predicted molar refractivity (Wildman–Crippen MR) is 91.4 cm³/mol. The number of likely N-dealkylation sites (N-methyl/N-ethyl adjacent to an activating group) is 1. The van der Waals surface area contributed by atoms with Crippen LogP contribution in [0.3, 0.4) is 0 Å². The predicted octanol–water partition coefficient (Wildman–Crippen LogP) is 2.11. The van der Waals surface area contributed by atoms with Gasteiger partial charge in [0.2, 0.25) is 0 Å². The van der Waals surface area contributed by atoms with Crippen LogP contribution in [0, 0.1) is 0 Å². The number of rotatable bonds is 4. The highest BCUT2D eigenvalue weighted by Gasteiger charge is 2.22. The van der Waals surface area contributed by atoms with E-state index in [-0.39, 0.29) is 11.5 Å². The number of carboxylic acid groups (broad SMARTS) is 1. The molecule has 0 amide bonds. The maximum Gasteiger partial charge on any atom is 0.339 e. The first-order valence-electron chi connectivity index (χ1n) is 7.98. The first kappa shape index (κ1) is 18.5. The number of ether oxygens (including phenoxy) is 1. The van der Waals surface area contributed by atoms with Crippen molar-refractivity contribution >= 4 is 11.9 Å². The van der Waals surface area contributed by atoms with Crippen molar-refractivity contribution in [3.05, 3.63) is 60.2 Å². The second kappa shape index (κ2) is 9.48. The van der Waals surface area contributed by atoms with Crippen LogP contribution in [0.15, 0.2) is 49.1 Å². The molecule has 1 aliphatic heterocycles. The fraction of sp³-hybridized carbons (Fsp3) is 0.333. The average molecular weight is 343 g/mol. The van der Waals surface area contributed by atoms with Gasteiger partial charge in [-0.1, -0.05) is 0 Å². The van der Waals surface area contributed by atoms with Gasteiger partial charge in [-0.2, -0.15) is 0 Å². The van der Waals surface area contributed by atoms with Gasteiger partial charge in [-0.15, -0.1) is 0 Å². The quantitative estimate of drug-likeness (QED) is 0.850. The van der Waals surface area contributed by atoms with Crippen LogP contribution in [0.5, 0.6) is 0 Å². The summed E-state index contributed by atoms with van der Waals surface area (Å²) >= 11 is 0. The van der Waals surface area contributed by atoms with E-state index in [2.05, 4.69) is 21.9 Å². The van der Waals surface area contributed by atoms with E-state index < -0.39 is 5.97 Å². The maximum absolute atomic E-state index is 11.6.